The summed E-state index contributed by atoms with van der Waals surface area (Å²) >= 11 is 0. The van der Waals surface area contributed by atoms with Crippen LogP contribution >= 0.6 is 0 Å². The van der Waals surface area contributed by atoms with Crippen molar-refractivity contribution < 1.29 is 23.5 Å². The maximum atomic E-state index is 13.8. The molecule has 1 aliphatic heterocycles. The number of imide groups is 1. The molecule has 7 nitrogen and oxygen atoms in total. The van der Waals surface area contributed by atoms with Gasteiger partial charge in [0.2, 0.25) is 5.91 Å². The van der Waals surface area contributed by atoms with Crippen LogP contribution in [0.25, 0.3) is 0 Å². The number of benzene rings is 2. The van der Waals surface area contributed by atoms with Gasteiger partial charge in [-0.15, -0.1) is 0 Å². The highest BCUT2D eigenvalue weighted by atomic mass is 19.1. The minimum absolute atomic E-state index is 0.104. The minimum atomic E-state index is -0.920. The third-order valence-corrected chi connectivity index (χ3v) is 6.03. The van der Waals surface area contributed by atoms with E-state index in [4.69, 9.17) is 4.74 Å². The maximum absolute atomic E-state index is 13.8. The Bertz CT molecular complexity index is 1020. The van der Waals surface area contributed by atoms with Gasteiger partial charge in [0.1, 0.15) is 17.6 Å². The Balaban J connectivity index is 1.50. The lowest BCUT2D eigenvalue weighted by molar-refractivity contribution is -0.124. The molecule has 33 heavy (non-hydrogen) atoms. The Morgan fingerprint density at radius 2 is 1.85 bits per heavy atom. The molecule has 1 aliphatic carbocycles. The number of urea groups is 1. The van der Waals surface area contributed by atoms with Crippen LogP contribution in [0.1, 0.15) is 45.4 Å². The van der Waals surface area contributed by atoms with Gasteiger partial charge in [0.25, 0.3) is 5.91 Å². The second-order valence-electron chi connectivity index (χ2n) is 8.42. The predicted molar refractivity (Wildman–Crippen MR) is 123 cm³/mol. The van der Waals surface area contributed by atoms with Crippen LogP contribution < -0.4 is 15.0 Å². The molecule has 1 saturated carbocycles. The van der Waals surface area contributed by atoms with Gasteiger partial charge in [-0.25, -0.2) is 14.1 Å². The summed E-state index contributed by atoms with van der Waals surface area (Å²) < 4.78 is 19.3. The average Bonchev–Trinajstić information content (AvgIpc) is 3.40. The first kappa shape index (κ1) is 22.8. The SMILES string of the molecule is CCCOc1ccc(NC(=O)C[C@H]2C(=O)N(c3cccc(F)c3)C(=O)N2C2CCCC2)cc1. The zero-order valence-corrected chi connectivity index (χ0v) is 18.6. The Hall–Kier alpha value is -3.42. The lowest BCUT2D eigenvalue weighted by Gasteiger charge is -2.27. The Morgan fingerprint density at radius 3 is 2.52 bits per heavy atom. The standard InChI is InChI=1S/C25H28FN3O4/c1-2-14-33-21-12-10-18(11-13-21)27-23(30)16-22-24(31)29(20-9-5-6-17(26)15-20)25(32)28(22)19-7-3-4-8-19/h5-6,9-13,15,19,22H,2-4,7-8,14,16H2,1H3,(H,27,30)/t22-/m0/s1. The third-order valence-electron chi connectivity index (χ3n) is 6.03. The van der Waals surface area contributed by atoms with Crippen molar-refractivity contribution in [2.24, 2.45) is 0 Å². The normalized spacial score (nSPS) is 18.8. The molecule has 0 aromatic heterocycles. The molecule has 4 rings (SSSR count). The number of carbonyl (C=O) groups is 3. The molecule has 2 fully saturated rings. The van der Waals surface area contributed by atoms with Crippen molar-refractivity contribution in [3.05, 3.63) is 54.3 Å². The van der Waals surface area contributed by atoms with Crippen molar-refractivity contribution in [1.29, 1.82) is 0 Å². The molecule has 2 aromatic rings. The second kappa shape index (κ2) is 10.0. The summed E-state index contributed by atoms with van der Waals surface area (Å²) in [5, 5.41) is 2.80. The first-order valence-electron chi connectivity index (χ1n) is 11.4. The van der Waals surface area contributed by atoms with Gasteiger partial charge in [-0.05, 0) is 61.7 Å². The molecule has 0 bridgehead atoms. The summed E-state index contributed by atoms with van der Waals surface area (Å²) in [5.74, 6) is -0.693. The molecule has 1 N–H and O–H groups in total. The Kier molecular flexibility index (Phi) is 6.91. The van der Waals surface area contributed by atoms with Crippen LogP contribution in [0.2, 0.25) is 0 Å². The summed E-state index contributed by atoms with van der Waals surface area (Å²) in [6.45, 7) is 2.64. The molecule has 1 atom stereocenters. The lowest BCUT2D eigenvalue weighted by atomic mass is 10.1. The van der Waals surface area contributed by atoms with E-state index in [-0.39, 0.29) is 24.1 Å². The summed E-state index contributed by atoms with van der Waals surface area (Å²) in [6, 6.07) is 10.9. The molecule has 0 spiro atoms. The van der Waals surface area contributed by atoms with Crippen LogP contribution in [0.5, 0.6) is 5.75 Å². The van der Waals surface area contributed by atoms with Crippen LogP contribution in [0.15, 0.2) is 48.5 Å². The van der Waals surface area contributed by atoms with Gasteiger partial charge < -0.3 is 15.0 Å². The molecule has 1 heterocycles. The molecule has 2 aliphatic rings. The van der Waals surface area contributed by atoms with Crippen molar-refractivity contribution in [2.75, 3.05) is 16.8 Å². The number of ether oxygens (including phenoxy) is 1. The number of carbonyl (C=O) groups excluding carboxylic acids is 3. The van der Waals surface area contributed by atoms with Gasteiger partial charge in [0, 0.05) is 11.7 Å². The van der Waals surface area contributed by atoms with E-state index < -0.39 is 23.8 Å². The Morgan fingerprint density at radius 1 is 1.12 bits per heavy atom. The first-order chi connectivity index (χ1) is 16.0. The van der Waals surface area contributed by atoms with Crippen molar-refractivity contribution >= 4 is 29.2 Å². The molecule has 1 saturated heterocycles. The van der Waals surface area contributed by atoms with E-state index in [9.17, 15) is 18.8 Å². The van der Waals surface area contributed by atoms with E-state index in [2.05, 4.69) is 5.32 Å². The van der Waals surface area contributed by atoms with E-state index in [0.29, 0.717) is 18.0 Å². The quantitative estimate of drug-likeness (QED) is 0.587. The number of anilines is 2. The topological polar surface area (TPSA) is 79.0 Å². The zero-order valence-electron chi connectivity index (χ0n) is 18.6. The first-order valence-corrected chi connectivity index (χ1v) is 11.4. The summed E-state index contributed by atoms with van der Waals surface area (Å²) in [7, 11) is 0. The highest BCUT2D eigenvalue weighted by Gasteiger charge is 2.49. The minimum Gasteiger partial charge on any atom is -0.494 e. The maximum Gasteiger partial charge on any atom is 0.332 e. The number of halogens is 1. The van der Waals surface area contributed by atoms with Gasteiger partial charge in [-0.2, -0.15) is 0 Å². The third kappa shape index (κ3) is 4.99. The van der Waals surface area contributed by atoms with Crippen molar-refractivity contribution in [1.82, 2.24) is 4.90 Å². The highest BCUT2D eigenvalue weighted by Crippen LogP contribution is 2.34. The van der Waals surface area contributed by atoms with E-state index in [1.54, 1.807) is 24.3 Å². The monoisotopic (exact) mass is 453 g/mol. The fraction of sp³-hybridized carbons (Fsp3) is 0.400. The fourth-order valence-corrected chi connectivity index (χ4v) is 4.48. The fourth-order valence-electron chi connectivity index (χ4n) is 4.48. The summed E-state index contributed by atoms with van der Waals surface area (Å²) in [4.78, 5) is 41.9. The van der Waals surface area contributed by atoms with Crippen LogP contribution in [0.3, 0.4) is 0 Å². The van der Waals surface area contributed by atoms with Crippen LogP contribution in [0.4, 0.5) is 20.6 Å². The average molecular weight is 454 g/mol. The van der Waals surface area contributed by atoms with Crippen molar-refractivity contribution in [2.45, 2.75) is 57.5 Å². The molecular formula is C25H28FN3O4. The van der Waals surface area contributed by atoms with Crippen LogP contribution in [-0.2, 0) is 9.59 Å². The second-order valence-corrected chi connectivity index (χ2v) is 8.42. The molecule has 2 aromatic carbocycles. The van der Waals surface area contributed by atoms with Gasteiger partial charge in [0.15, 0.2) is 0 Å². The van der Waals surface area contributed by atoms with E-state index in [1.807, 2.05) is 6.92 Å². The van der Waals surface area contributed by atoms with Crippen LogP contribution in [0, 0.1) is 5.82 Å². The van der Waals surface area contributed by atoms with Crippen molar-refractivity contribution in [3.8, 4) is 5.75 Å². The van der Waals surface area contributed by atoms with Gasteiger partial charge >= 0.3 is 6.03 Å². The van der Waals surface area contributed by atoms with Gasteiger partial charge in [-0.1, -0.05) is 25.8 Å². The summed E-state index contributed by atoms with van der Waals surface area (Å²) in [5.41, 5.74) is 0.758. The molecule has 0 radical (unpaired) electrons. The highest BCUT2D eigenvalue weighted by molar-refractivity contribution is 6.22. The molecule has 174 valence electrons. The number of nitrogens with zero attached hydrogens (tertiary/aromatic N) is 2. The molecule has 0 unspecified atom stereocenters. The number of hydrogen-bond acceptors (Lipinski definition) is 4. The molecule has 4 amide bonds. The van der Waals surface area contributed by atoms with Crippen molar-refractivity contribution in [3.63, 3.8) is 0 Å². The number of amides is 4. The number of rotatable bonds is 8. The number of nitrogens with one attached hydrogen (secondary N) is 1. The lowest BCUT2D eigenvalue weighted by Crippen LogP contribution is -2.43. The van der Waals surface area contributed by atoms with E-state index in [0.717, 1.165) is 43.1 Å². The van der Waals surface area contributed by atoms with Crippen LogP contribution in [-0.4, -0.2) is 41.4 Å². The zero-order chi connectivity index (χ0) is 23.4. The molecule has 8 heteroatoms. The van der Waals surface area contributed by atoms with Gasteiger partial charge in [-0.3, -0.25) is 9.59 Å². The van der Waals surface area contributed by atoms with E-state index in [1.165, 1.54) is 23.1 Å². The smallest absolute Gasteiger partial charge is 0.332 e. The van der Waals surface area contributed by atoms with Gasteiger partial charge in [0.05, 0.1) is 18.7 Å². The largest absolute Gasteiger partial charge is 0.494 e. The number of hydrogen-bond donors (Lipinski definition) is 1. The van der Waals surface area contributed by atoms with E-state index >= 15 is 0 Å². The summed E-state index contributed by atoms with van der Waals surface area (Å²) in [6.07, 6.45) is 4.24. The predicted octanol–water partition coefficient (Wildman–Crippen LogP) is 4.72. The molecular weight excluding hydrogens is 425 g/mol. The Labute approximate surface area is 192 Å².